The van der Waals surface area contributed by atoms with E-state index in [4.69, 9.17) is 9.84 Å². The third-order valence-electron chi connectivity index (χ3n) is 2.72. The second-order valence-corrected chi connectivity index (χ2v) is 8.04. The Morgan fingerprint density at radius 1 is 1.35 bits per heavy atom. The van der Waals surface area contributed by atoms with Crippen LogP contribution in [0.1, 0.15) is 20.8 Å². The number of carboxylic acids is 1. The monoisotopic (exact) mass is 309 g/mol. The summed E-state index contributed by atoms with van der Waals surface area (Å²) in [5, 5.41) is 11.2. The fourth-order valence-electron chi connectivity index (χ4n) is 2.00. The zero-order valence-corrected chi connectivity index (χ0v) is 12.3. The van der Waals surface area contributed by atoms with Crippen LogP contribution in [0, 0.1) is 5.41 Å². The summed E-state index contributed by atoms with van der Waals surface area (Å²) in [5.74, 6) is -2.19. The maximum Gasteiger partial charge on any atom is 0.408 e. The fraction of sp³-hybridized carbons (Fsp3) is 0.727. The van der Waals surface area contributed by atoms with Crippen molar-refractivity contribution >= 4 is 28.9 Å². The first-order chi connectivity index (χ1) is 8.91. The lowest BCUT2D eigenvalue weighted by Gasteiger charge is -2.54. The van der Waals surface area contributed by atoms with Crippen LogP contribution in [0.4, 0.5) is 4.79 Å². The van der Waals surface area contributed by atoms with E-state index in [-0.39, 0.29) is 11.5 Å². The van der Waals surface area contributed by atoms with Gasteiger partial charge >= 0.3 is 12.1 Å². The first-order valence-corrected chi connectivity index (χ1v) is 7.72. The average molecular weight is 309 g/mol. The molecule has 1 aliphatic heterocycles. The Hall–Kier alpha value is -1.32. The van der Waals surface area contributed by atoms with E-state index in [1.165, 1.54) is 0 Å². The molecule has 1 amide bonds. The number of nitrogens with one attached hydrogen (secondary N) is 1. The van der Waals surface area contributed by atoms with Crippen LogP contribution in [0.5, 0.6) is 0 Å². The van der Waals surface area contributed by atoms with Gasteiger partial charge < -0.3 is 20.0 Å². The van der Waals surface area contributed by atoms with Gasteiger partial charge in [0.2, 0.25) is 0 Å². The minimum absolute atomic E-state index is 0.348. The van der Waals surface area contributed by atoms with Gasteiger partial charge in [0.25, 0.3) is 0 Å². The van der Waals surface area contributed by atoms with Gasteiger partial charge in [-0.25, -0.2) is 9.59 Å². The van der Waals surface area contributed by atoms with Gasteiger partial charge in [-0.3, -0.25) is 9.11 Å². The molecule has 0 bridgehead atoms. The molecule has 0 aliphatic carbocycles. The van der Waals surface area contributed by atoms with E-state index in [2.05, 4.69) is 5.32 Å². The third-order valence-corrected chi connectivity index (χ3v) is 4.72. The summed E-state index contributed by atoms with van der Waals surface area (Å²) < 4.78 is 23.7. The number of carbonyl (C=O) groups is 3. The van der Waals surface area contributed by atoms with E-state index >= 15 is 0 Å². The number of carboxylic acid groups (broad SMARTS) is 1. The molecule has 8 nitrogen and oxygen atoms in total. The van der Waals surface area contributed by atoms with E-state index in [1.807, 2.05) is 0 Å². The molecule has 20 heavy (non-hydrogen) atoms. The predicted octanol–water partition coefficient (Wildman–Crippen LogP) is 0.914. The van der Waals surface area contributed by atoms with Crippen molar-refractivity contribution in [3.05, 3.63) is 0 Å². The minimum Gasteiger partial charge on any atom is -0.480 e. The molecule has 0 aromatic rings. The number of aliphatic carboxylic acids is 1. The second-order valence-electron chi connectivity index (χ2n) is 5.86. The molecule has 1 atom stereocenters. The number of rotatable bonds is 4. The largest absolute Gasteiger partial charge is 0.480 e. The van der Waals surface area contributed by atoms with E-state index in [9.17, 15) is 23.5 Å². The van der Waals surface area contributed by atoms with Crippen molar-refractivity contribution < 1.29 is 33.3 Å². The molecule has 1 aliphatic rings. The third kappa shape index (κ3) is 3.84. The van der Waals surface area contributed by atoms with Crippen molar-refractivity contribution in [2.24, 2.45) is 5.41 Å². The van der Waals surface area contributed by atoms with E-state index in [1.54, 1.807) is 20.8 Å². The van der Waals surface area contributed by atoms with Crippen molar-refractivity contribution in [1.82, 2.24) is 5.32 Å². The summed E-state index contributed by atoms with van der Waals surface area (Å²) >= 11 is 0. The molecule has 0 radical (unpaired) electrons. The molecule has 4 N–H and O–H groups in total. The van der Waals surface area contributed by atoms with Gasteiger partial charge in [0, 0.05) is 0 Å². The Kier molecular flexibility index (Phi) is 4.37. The predicted molar refractivity (Wildman–Crippen MR) is 71.9 cm³/mol. The SMILES string of the molecule is CC(C)(C)OC(=O)N[C@H](C(=O)O)C1(C=O)CS(O)(O)C1. The van der Waals surface area contributed by atoms with E-state index in [0.717, 1.165) is 0 Å². The molecule has 1 fully saturated rings. The normalized spacial score (nSPS) is 22.9. The van der Waals surface area contributed by atoms with Gasteiger partial charge in [-0.2, -0.15) is 10.6 Å². The highest BCUT2D eigenvalue weighted by atomic mass is 32.3. The number of hydrogen-bond acceptors (Lipinski definition) is 6. The van der Waals surface area contributed by atoms with Crippen molar-refractivity contribution in [2.45, 2.75) is 32.4 Å². The van der Waals surface area contributed by atoms with Gasteiger partial charge in [-0.1, -0.05) is 0 Å². The summed E-state index contributed by atoms with van der Waals surface area (Å²) in [6.45, 7) is 4.83. The number of carbonyl (C=O) groups excluding carboxylic acids is 2. The first-order valence-electron chi connectivity index (χ1n) is 5.83. The van der Waals surface area contributed by atoms with Crippen LogP contribution in [-0.4, -0.2) is 55.7 Å². The van der Waals surface area contributed by atoms with Crippen LogP contribution in [-0.2, 0) is 14.3 Å². The molecular weight excluding hydrogens is 290 g/mol. The number of alkyl carbamates (subject to hydrolysis) is 1. The summed E-state index contributed by atoms with van der Waals surface area (Å²) in [4.78, 5) is 34.0. The van der Waals surface area contributed by atoms with Crippen LogP contribution >= 0.6 is 10.6 Å². The van der Waals surface area contributed by atoms with Crippen molar-refractivity contribution in [2.75, 3.05) is 11.5 Å². The zero-order valence-electron chi connectivity index (χ0n) is 11.5. The van der Waals surface area contributed by atoms with Crippen LogP contribution in [0.3, 0.4) is 0 Å². The molecule has 1 saturated heterocycles. The molecule has 1 heterocycles. The van der Waals surface area contributed by atoms with E-state index < -0.39 is 39.7 Å². The van der Waals surface area contributed by atoms with Gasteiger partial charge in [-0.15, -0.1) is 0 Å². The number of amides is 1. The molecule has 9 heteroatoms. The Bertz CT molecular complexity index is 421. The highest BCUT2D eigenvalue weighted by Crippen LogP contribution is 2.59. The maximum absolute atomic E-state index is 11.6. The Balaban J connectivity index is 2.83. The first kappa shape index (κ1) is 16.7. The number of aldehydes is 1. The van der Waals surface area contributed by atoms with Crippen LogP contribution in [0.2, 0.25) is 0 Å². The standard InChI is InChI=1S/C11H19NO7S/c1-10(2,3)19-9(16)12-7(8(14)15)11(4-13)5-20(17,18)6-11/h4,7,17-18H,5-6H2,1-3H3,(H,12,16)(H,14,15)/t7-/m1/s1. The van der Waals surface area contributed by atoms with Gasteiger partial charge in [0.05, 0.1) is 16.9 Å². The number of hydrogen-bond donors (Lipinski definition) is 4. The Morgan fingerprint density at radius 3 is 2.15 bits per heavy atom. The lowest BCUT2D eigenvalue weighted by Crippen LogP contribution is -2.63. The van der Waals surface area contributed by atoms with Crippen molar-refractivity contribution in [1.29, 1.82) is 0 Å². The van der Waals surface area contributed by atoms with Crippen LogP contribution in [0.25, 0.3) is 0 Å². The topological polar surface area (TPSA) is 133 Å². The zero-order chi connectivity index (χ0) is 15.8. The lowest BCUT2D eigenvalue weighted by atomic mass is 9.84. The highest BCUT2D eigenvalue weighted by molar-refractivity contribution is 8.25. The van der Waals surface area contributed by atoms with Gasteiger partial charge in [0.15, 0.2) is 0 Å². The summed E-state index contributed by atoms with van der Waals surface area (Å²) in [5.41, 5.74) is -2.33. The van der Waals surface area contributed by atoms with Crippen LogP contribution in [0.15, 0.2) is 0 Å². The Labute approximate surface area is 117 Å². The Morgan fingerprint density at radius 2 is 1.85 bits per heavy atom. The van der Waals surface area contributed by atoms with E-state index in [0.29, 0.717) is 6.29 Å². The molecule has 0 aromatic heterocycles. The minimum atomic E-state index is -2.94. The summed E-state index contributed by atoms with van der Waals surface area (Å²) in [7, 11) is -2.94. The molecule has 0 unspecified atom stereocenters. The van der Waals surface area contributed by atoms with Gasteiger partial charge in [-0.05, 0) is 20.8 Å². The summed E-state index contributed by atoms with van der Waals surface area (Å²) in [6, 6.07) is -1.56. The average Bonchev–Trinajstić information content (AvgIpc) is 2.19. The molecule has 1 rings (SSSR count). The number of ether oxygens (including phenoxy) is 1. The van der Waals surface area contributed by atoms with Crippen molar-refractivity contribution in [3.63, 3.8) is 0 Å². The van der Waals surface area contributed by atoms with Crippen molar-refractivity contribution in [3.8, 4) is 0 Å². The smallest absolute Gasteiger partial charge is 0.408 e. The van der Waals surface area contributed by atoms with Gasteiger partial charge in [0.1, 0.15) is 17.9 Å². The maximum atomic E-state index is 11.6. The molecule has 0 saturated carbocycles. The molecule has 0 spiro atoms. The fourth-order valence-corrected chi connectivity index (χ4v) is 4.10. The van der Waals surface area contributed by atoms with Crippen LogP contribution < -0.4 is 5.32 Å². The summed E-state index contributed by atoms with van der Waals surface area (Å²) in [6.07, 6.45) is -0.629. The quantitative estimate of drug-likeness (QED) is 0.567. The molecule has 116 valence electrons. The molecule has 0 aromatic carbocycles. The highest BCUT2D eigenvalue weighted by Gasteiger charge is 2.57. The molecular formula is C11H19NO7S. The lowest BCUT2D eigenvalue weighted by molar-refractivity contribution is -0.144. The second kappa shape index (κ2) is 5.23.